The minimum absolute atomic E-state index is 0.0465. The molecule has 3 N–H and O–H groups in total. The molecule has 3 aromatic rings. The number of H-pyrrole nitrogens is 1. The Morgan fingerprint density at radius 3 is 2.89 bits per heavy atom. The zero-order valence-corrected chi connectivity index (χ0v) is 14.9. The van der Waals surface area contributed by atoms with Crippen LogP contribution in [0.25, 0.3) is 10.9 Å². The van der Waals surface area contributed by atoms with Crippen LogP contribution in [0.5, 0.6) is 0 Å². The highest BCUT2D eigenvalue weighted by Crippen LogP contribution is 2.27. The molecule has 0 saturated heterocycles. The number of nitrogens with zero attached hydrogens (tertiary/aromatic N) is 2. The van der Waals surface area contributed by atoms with Crippen LogP contribution in [0, 0.1) is 0 Å². The Kier molecular flexibility index (Phi) is 4.74. The molecule has 0 spiro atoms. The van der Waals surface area contributed by atoms with Gasteiger partial charge in [0.1, 0.15) is 0 Å². The topological polar surface area (TPSA) is 90.1 Å². The van der Waals surface area contributed by atoms with Crippen molar-refractivity contribution in [2.45, 2.75) is 19.5 Å². The molecule has 3 amide bonds. The number of para-hydroxylation sites is 1. The molecule has 0 radical (unpaired) electrons. The largest absolute Gasteiger partial charge is 0.357 e. The quantitative estimate of drug-likeness (QED) is 0.662. The summed E-state index contributed by atoms with van der Waals surface area (Å²) in [6.45, 7) is 1.50. The third-order valence-corrected chi connectivity index (χ3v) is 4.78. The summed E-state index contributed by atoms with van der Waals surface area (Å²) in [6.07, 6.45) is 4.19. The van der Waals surface area contributed by atoms with Crippen LogP contribution < -0.4 is 10.6 Å². The Balaban J connectivity index is 1.29. The number of hydrogen-bond donors (Lipinski definition) is 3. The molecule has 7 heteroatoms. The number of carbonyl (C=O) groups excluding carboxylic acids is 2. The number of aromatic nitrogens is 2. The zero-order chi connectivity index (χ0) is 18.6. The molecule has 0 bridgehead atoms. The Morgan fingerprint density at radius 2 is 2.04 bits per heavy atom. The van der Waals surface area contributed by atoms with E-state index in [0.29, 0.717) is 19.6 Å². The van der Waals surface area contributed by atoms with E-state index in [0.717, 1.165) is 23.2 Å². The second kappa shape index (κ2) is 7.49. The molecule has 1 aliphatic rings. The van der Waals surface area contributed by atoms with Gasteiger partial charge in [-0.1, -0.05) is 24.3 Å². The molecule has 1 aromatic carbocycles. The molecule has 27 heavy (non-hydrogen) atoms. The van der Waals surface area contributed by atoms with Crippen LogP contribution in [0.4, 0.5) is 4.79 Å². The van der Waals surface area contributed by atoms with E-state index in [1.165, 1.54) is 10.9 Å². The lowest BCUT2D eigenvalue weighted by Gasteiger charge is -2.27. The van der Waals surface area contributed by atoms with Gasteiger partial charge in [-0.3, -0.25) is 9.78 Å². The molecule has 4 rings (SSSR count). The predicted molar refractivity (Wildman–Crippen MR) is 102 cm³/mol. The first-order valence-electron chi connectivity index (χ1n) is 8.97. The number of rotatable bonds is 4. The van der Waals surface area contributed by atoms with Gasteiger partial charge in [0, 0.05) is 42.1 Å². The van der Waals surface area contributed by atoms with Gasteiger partial charge in [0.2, 0.25) is 5.91 Å². The lowest BCUT2D eigenvalue weighted by molar-refractivity contribution is -0.120. The highest BCUT2D eigenvalue weighted by Gasteiger charge is 2.23. The van der Waals surface area contributed by atoms with E-state index < -0.39 is 0 Å². The van der Waals surface area contributed by atoms with Crippen molar-refractivity contribution in [3.8, 4) is 0 Å². The number of aromatic amines is 1. The fourth-order valence-electron chi connectivity index (χ4n) is 3.40. The average Bonchev–Trinajstić information content (AvgIpc) is 3.09. The molecule has 138 valence electrons. The molecule has 0 atom stereocenters. The molecule has 7 nitrogen and oxygen atoms in total. The SMILES string of the molecule is O=C(CNC(=O)N1CCc2c([nH]c3ccccc23)C1)NCc1cccnc1. The fraction of sp³-hybridized carbons (Fsp3) is 0.250. The lowest BCUT2D eigenvalue weighted by Crippen LogP contribution is -2.46. The molecule has 0 saturated carbocycles. The number of nitrogens with one attached hydrogen (secondary N) is 3. The number of amides is 3. The number of benzene rings is 1. The van der Waals surface area contributed by atoms with E-state index in [4.69, 9.17) is 0 Å². The van der Waals surface area contributed by atoms with Gasteiger partial charge >= 0.3 is 6.03 Å². The summed E-state index contributed by atoms with van der Waals surface area (Å²) in [5.74, 6) is -0.226. The summed E-state index contributed by atoms with van der Waals surface area (Å²) in [5, 5.41) is 6.70. The van der Waals surface area contributed by atoms with Crippen LogP contribution in [0.2, 0.25) is 0 Å². The van der Waals surface area contributed by atoms with Crippen LogP contribution in [-0.2, 0) is 24.3 Å². The Bertz CT molecular complexity index is 967. The van der Waals surface area contributed by atoms with E-state index in [1.807, 2.05) is 30.3 Å². The van der Waals surface area contributed by atoms with Gasteiger partial charge in [-0.05, 0) is 29.7 Å². The van der Waals surface area contributed by atoms with E-state index in [1.54, 1.807) is 17.3 Å². The van der Waals surface area contributed by atoms with Crippen molar-refractivity contribution in [2.75, 3.05) is 13.1 Å². The van der Waals surface area contributed by atoms with Crippen LogP contribution in [0.15, 0.2) is 48.8 Å². The van der Waals surface area contributed by atoms with Gasteiger partial charge in [0.15, 0.2) is 0 Å². The van der Waals surface area contributed by atoms with Crippen molar-refractivity contribution in [1.29, 1.82) is 0 Å². The predicted octanol–water partition coefficient (Wildman–Crippen LogP) is 1.95. The van der Waals surface area contributed by atoms with Crippen molar-refractivity contribution >= 4 is 22.8 Å². The second-order valence-corrected chi connectivity index (χ2v) is 6.60. The molecule has 0 unspecified atom stereocenters. The second-order valence-electron chi connectivity index (χ2n) is 6.60. The van der Waals surface area contributed by atoms with Crippen LogP contribution in [0.1, 0.15) is 16.8 Å². The van der Waals surface area contributed by atoms with Crippen LogP contribution in [-0.4, -0.2) is 39.9 Å². The highest BCUT2D eigenvalue weighted by atomic mass is 16.2. The number of carbonyl (C=O) groups is 2. The van der Waals surface area contributed by atoms with Gasteiger partial charge in [-0.25, -0.2) is 4.79 Å². The molecule has 2 aromatic heterocycles. The number of urea groups is 1. The number of hydrogen-bond acceptors (Lipinski definition) is 3. The summed E-state index contributed by atoms with van der Waals surface area (Å²) in [5.41, 5.74) is 4.36. The van der Waals surface area contributed by atoms with Gasteiger partial charge < -0.3 is 20.5 Å². The third-order valence-electron chi connectivity index (χ3n) is 4.78. The fourth-order valence-corrected chi connectivity index (χ4v) is 3.40. The van der Waals surface area contributed by atoms with Gasteiger partial charge in [-0.2, -0.15) is 0 Å². The maximum absolute atomic E-state index is 12.4. The van der Waals surface area contributed by atoms with E-state index in [2.05, 4.69) is 26.7 Å². The van der Waals surface area contributed by atoms with Crippen molar-refractivity contribution in [3.63, 3.8) is 0 Å². The van der Waals surface area contributed by atoms with Crippen LogP contribution in [0.3, 0.4) is 0 Å². The first-order valence-corrected chi connectivity index (χ1v) is 8.97. The molecule has 1 aliphatic heterocycles. The number of fused-ring (bicyclic) bond motifs is 3. The van der Waals surface area contributed by atoms with Gasteiger partial charge in [0.05, 0.1) is 13.1 Å². The lowest BCUT2D eigenvalue weighted by atomic mass is 10.0. The monoisotopic (exact) mass is 363 g/mol. The van der Waals surface area contributed by atoms with E-state index in [-0.39, 0.29) is 18.5 Å². The maximum Gasteiger partial charge on any atom is 0.318 e. The summed E-state index contributed by atoms with van der Waals surface area (Å²) in [6, 6.07) is 11.7. The Morgan fingerprint density at radius 1 is 1.15 bits per heavy atom. The first kappa shape index (κ1) is 17.1. The molecular weight excluding hydrogens is 342 g/mol. The summed E-state index contributed by atoms with van der Waals surface area (Å²) >= 11 is 0. The van der Waals surface area contributed by atoms with Gasteiger partial charge in [0.25, 0.3) is 0 Å². The summed E-state index contributed by atoms with van der Waals surface area (Å²) < 4.78 is 0. The van der Waals surface area contributed by atoms with Crippen molar-refractivity contribution in [2.24, 2.45) is 0 Å². The molecule has 0 fully saturated rings. The third kappa shape index (κ3) is 3.76. The smallest absolute Gasteiger partial charge is 0.318 e. The minimum Gasteiger partial charge on any atom is -0.357 e. The number of pyridine rings is 1. The Hall–Kier alpha value is -3.35. The Labute approximate surface area is 156 Å². The van der Waals surface area contributed by atoms with Crippen molar-refractivity contribution in [1.82, 2.24) is 25.5 Å². The van der Waals surface area contributed by atoms with E-state index in [9.17, 15) is 9.59 Å². The minimum atomic E-state index is -0.226. The summed E-state index contributed by atoms with van der Waals surface area (Å²) in [4.78, 5) is 33.5. The average molecular weight is 363 g/mol. The molecule has 0 aliphatic carbocycles. The molecule has 3 heterocycles. The van der Waals surface area contributed by atoms with Crippen molar-refractivity contribution in [3.05, 3.63) is 65.6 Å². The normalized spacial score (nSPS) is 13.3. The zero-order valence-electron chi connectivity index (χ0n) is 14.9. The van der Waals surface area contributed by atoms with E-state index >= 15 is 0 Å². The maximum atomic E-state index is 12.4. The summed E-state index contributed by atoms with van der Waals surface area (Å²) in [7, 11) is 0. The first-order chi connectivity index (χ1) is 13.2. The molecular formula is C20H21N5O2. The van der Waals surface area contributed by atoms with Gasteiger partial charge in [-0.15, -0.1) is 0 Å². The highest BCUT2D eigenvalue weighted by molar-refractivity contribution is 5.86. The van der Waals surface area contributed by atoms with Crippen LogP contribution >= 0.6 is 0 Å². The van der Waals surface area contributed by atoms with Crippen molar-refractivity contribution < 1.29 is 9.59 Å². The standard InChI is InChI=1S/C20H21N5O2/c26-19(22-11-14-4-3-8-21-10-14)12-23-20(27)25-9-7-16-15-5-1-2-6-17(15)24-18(16)13-25/h1-6,8,10,24H,7,9,11-13H2,(H,22,26)(H,23,27).